The van der Waals surface area contributed by atoms with Crippen LogP contribution in [0.3, 0.4) is 0 Å². The molecular formula is C12H19CeO-. The van der Waals surface area contributed by atoms with Crippen LogP contribution in [0.2, 0.25) is 0 Å². The maximum absolute atomic E-state index is 5.61. The molecular weight excluding hydrogens is 300 g/mol. The van der Waals surface area contributed by atoms with Crippen molar-refractivity contribution in [2.75, 3.05) is 6.61 Å². The fourth-order valence-electron chi connectivity index (χ4n) is 1.24. The number of rotatable bonds is 4. The Bertz CT molecular complexity index is 206. The normalized spacial score (nSPS) is 20.3. The van der Waals surface area contributed by atoms with E-state index in [2.05, 4.69) is 32.9 Å². The predicted octanol–water partition coefficient (Wildman–Crippen LogP) is 3.33. The summed E-state index contributed by atoms with van der Waals surface area (Å²) in [7, 11) is 0. The van der Waals surface area contributed by atoms with Gasteiger partial charge in [0.15, 0.2) is 0 Å². The van der Waals surface area contributed by atoms with E-state index in [4.69, 9.17) is 4.74 Å². The van der Waals surface area contributed by atoms with Crippen LogP contribution in [0.5, 0.6) is 0 Å². The number of ether oxygens (including phenoxy) is 1. The van der Waals surface area contributed by atoms with Crippen LogP contribution in [0, 0.1) is 59.7 Å². The minimum Gasteiger partial charge on any atom is -0.579 e. The van der Waals surface area contributed by atoms with Gasteiger partial charge in [0.2, 0.25) is 0 Å². The average Bonchev–Trinajstić information content (AvgIpc) is 2.03. The van der Waals surface area contributed by atoms with Crippen molar-refractivity contribution < 1.29 is 46.5 Å². The van der Waals surface area contributed by atoms with Gasteiger partial charge in [-0.2, -0.15) is 6.08 Å². The maximum Gasteiger partial charge on any atom is 0.0647 e. The molecule has 1 aliphatic rings. The fourth-order valence-corrected chi connectivity index (χ4v) is 1.24. The van der Waals surface area contributed by atoms with Crippen molar-refractivity contribution in [2.24, 2.45) is 11.8 Å². The first-order valence-corrected chi connectivity index (χ1v) is 5.09. The molecule has 1 rings (SSSR count). The Morgan fingerprint density at radius 1 is 1.57 bits per heavy atom. The van der Waals surface area contributed by atoms with Crippen LogP contribution in [-0.4, -0.2) is 6.61 Å². The van der Waals surface area contributed by atoms with Crippen molar-refractivity contribution in [3.63, 3.8) is 0 Å². The van der Waals surface area contributed by atoms with Crippen LogP contribution >= 0.6 is 0 Å². The molecule has 0 N–H and O–H groups in total. The van der Waals surface area contributed by atoms with Crippen molar-refractivity contribution in [1.29, 1.82) is 0 Å². The van der Waals surface area contributed by atoms with E-state index in [0.717, 1.165) is 31.1 Å². The van der Waals surface area contributed by atoms with Crippen molar-refractivity contribution >= 4 is 0 Å². The van der Waals surface area contributed by atoms with Gasteiger partial charge in [0.25, 0.3) is 0 Å². The van der Waals surface area contributed by atoms with Crippen LogP contribution in [0.4, 0.5) is 0 Å². The summed E-state index contributed by atoms with van der Waals surface area (Å²) in [6.07, 6.45) is 9.49. The summed E-state index contributed by atoms with van der Waals surface area (Å²) in [4.78, 5) is 0. The monoisotopic (exact) mass is 319 g/mol. The second-order valence-corrected chi connectivity index (χ2v) is 4.13. The Labute approximate surface area is 121 Å². The molecule has 0 spiro atoms. The largest absolute Gasteiger partial charge is 0.579 e. The van der Waals surface area contributed by atoms with E-state index in [9.17, 15) is 0 Å². The van der Waals surface area contributed by atoms with E-state index in [1.807, 2.05) is 6.08 Å². The van der Waals surface area contributed by atoms with Crippen LogP contribution in [0.1, 0.15) is 33.6 Å². The molecule has 1 unspecified atom stereocenters. The predicted molar refractivity (Wildman–Crippen MR) is 55.1 cm³/mol. The summed E-state index contributed by atoms with van der Waals surface area (Å²) < 4.78 is 5.61. The SMILES string of the molecule is CC(C)CCOC1=CC(C)C[C-]=C1.[Ce]. The van der Waals surface area contributed by atoms with Gasteiger partial charge in [-0.3, -0.25) is 6.08 Å². The van der Waals surface area contributed by atoms with Crippen LogP contribution < -0.4 is 0 Å². The molecule has 0 aromatic rings. The molecule has 1 atom stereocenters. The first-order chi connectivity index (χ1) is 6.18. The van der Waals surface area contributed by atoms with E-state index < -0.39 is 0 Å². The van der Waals surface area contributed by atoms with E-state index >= 15 is 0 Å². The van der Waals surface area contributed by atoms with Gasteiger partial charge in [-0.15, -0.1) is 12.5 Å². The van der Waals surface area contributed by atoms with Crippen molar-refractivity contribution in [3.05, 3.63) is 24.0 Å². The van der Waals surface area contributed by atoms with Crippen LogP contribution in [0.15, 0.2) is 17.9 Å². The summed E-state index contributed by atoms with van der Waals surface area (Å²) >= 11 is 0. The van der Waals surface area contributed by atoms with Gasteiger partial charge in [0.05, 0.1) is 6.61 Å². The molecule has 0 saturated heterocycles. The first kappa shape index (κ1) is 14.7. The van der Waals surface area contributed by atoms with E-state index in [0.29, 0.717) is 5.92 Å². The molecule has 0 aliphatic heterocycles. The van der Waals surface area contributed by atoms with Gasteiger partial charge in [-0.25, -0.2) is 0 Å². The Balaban J connectivity index is 0.00000169. The van der Waals surface area contributed by atoms with Gasteiger partial charge in [-0.1, -0.05) is 26.7 Å². The summed E-state index contributed by atoms with van der Waals surface area (Å²) in [6.45, 7) is 7.44. The second kappa shape index (κ2) is 7.89. The molecule has 14 heavy (non-hydrogen) atoms. The summed E-state index contributed by atoms with van der Waals surface area (Å²) in [6, 6.07) is 0. The molecule has 0 aromatic carbocycles. The van der Waals surface area contributed by atoms with Gasteiger partial charge >= 0.3 is 0 Å². The van der Waals surface area contributed by atoms with Crippen LogP contribution in [0.25, 0.3) is 0 Å². The van der Waals surface area contributed by atoms with Gasteiger partial charge in [-0.05, 0) is 18.1 Å². The second-order valence-electron chi connectivity index (χ2n) is 4.13. The van der Waals surface area contributed by atoms with E-state index in [-0.39, 0.29) is 41.7 Å². The number of hydrogen-bond acceptors (Lipinski definition) is 1. The maximum atomic E-state index is 5.61. The zero-order chi connectivity index (χ0) is 9.68. The van der Waals surface area contributed by atoms with Crippen LogP contribution in [-0.2, 0) is 4.74 Å². The molecule has 0 heterocycles. The van der Waals surface area contributed by atoms with Gasteiger partial charge in [0.1, 0.15) is 0 Å². The molecule has 78 valence electrons. The molecule has 2 heteroatoms. The van der Waals surface area contributed by atoms with Crippen molar-refractivity contribution in [2.45, 2.75) is 33.6 Å². The number of allylic oxidation sites excluding steroid dienone is 3. The minimum absolute atomic E-state index is 0. The third-order valence-corrected chi connectivity index (χ3v) is 2.10. The third-order valence-electron chi connectivity index (χ3n) is 2.10. The smallest absolute Gasteiger partial charge is 0.0647 e. The Hall–Kier alpha value is 0.657. The molecule has 0 amide bonds. The quantitative estimate of drug-likeness (QED) is 0.722. The van der Waals surface area contributed by atoms with E-state index in [1.54, 1.807) is 0 Å². The zero-order valence-electron chi connectivity index (χ0n) is 9.34. The third kappa shape index (κ3) is 6.20. The molecule has 0 radical (unpaired) electrons. The molecule has 0 bridgehead atoms. The summed E-state index contributed by atoms with van der Waals surface area (Å²) in [5.41, 5.74) is 0. The molecule has 0 saturated carbocycles. The average molecular weight is 319 g/mol. The summed E-state index contributed by atoms with van der Waals surface area (Å²) in [5.74, 6) is 2.30. The van der Waals surface area contributed by atoms with Crippen molar-refractivity contribution in [3.8, 4) is 0 Å². The molecule has 1 nitrogen and oxygen atoms in total. The molecule has 0 aromatic heterocycles. The Morgan fingerprint density at radius 2 is 2.29 bits per heavy atom. The topological polar surface area (TPSA) is 9.23 Å². The standard InChI is InChI=1S/C12H19O.Ce/c1-10(2)7-8-13-12-6-4-5-11(3)9-12;/h6,9-11H,5,7-8H2,1-3H3;/q-1;. The fraction of sp³-hybridized carbons (Fsp3) is 0.667. The molecule has 0 fully saturated rings. The Morgan fingerprint density at radius 3 is 2.86 bits per heavy atom. The van der Waals surface area contributed by atoms with Crippen molar-refractivity contribution in [1.82, 2.24) is 0 Å². The zero-order valence-corrected chi connectivity index (χ0v) is 12.5. The number of hydrogen-bond donors (Lipinski definition) is 0. The molecule has 1 aliphatic carbocycles. The van der Waals surface area contributed by atoms with Gasteiger partial charge in [0, 0.05) is 41.7 Å². The summed E-state index contributed by atoms with van der Waals surface area (Å²) in [5, 5.41) is 0. The van der Waals surface area contributed by atoms with Gasteiger partial charge < -0.3 is 4.74 Å². The minimum atomic E-state index is 0. The first-order valence-electron chi connectivity index (χ1n) is 5.09. The Kier molecular flexibility index (Phi) is 8.25. The van der Waals surface area contributed by atoms with E-state index in [1.165, 1.54) is 0 Å².